The Labute approximate surface area is 104 Å². The van der Waals surface area contributed by atoms with Crippen LogP contribution in [0, 0.1) is 0 Å². The number of rotatable bonds is 4. The molecule has 3 nitrogen and oxygen atoms in total. The van der Waals surface area contributed by atoms with Crippen LogP contribution >= 0.6 is 0 Å². The summed E-state index contributed by atoms with van der Waals surface area (Å²) in [7, 11) is 4.27. The van der Waals surface area contributed by atoms with Crippen molar-refractivity contribution < 1.29 is 0 Å². The van der Waals surface area contributed by atoms with Gasteiger partial charge in [-0.05, 0) is 46.1 Å². The molecule has 1 aromatic rings. The number of nitrogens with one attached hydrogen (secondary N) is 1. The lowest BCUT2D eigenvalue weighted by atomic mass is 10.1. The molecule has 0 saturated carbocycles. The standard InChI is InChI=1S/C14H23N3/c1-12-11-15-13-7-4-5-8-14(13)17(12)10-6-9-16(2)3/h4-5,7-8,12,15H,6,9-11H2,1-3H3. The van der Waals surface area contributed by atoms with Gasteiger partial charge in [0.1, 0.15) is 0 Å². The molecule has 1 atom stereocenters. The molecular weight excluding hydrogens is 210 g/mol. The summed E-state index contributed by atoms with van der Waals surface area (Å²) in [5, 5.41) is 3.49. The van der Waals surface area contributed by atoms with E-state index in [2.05, 4.69) is 60.4 Å². The molecule has 0 amide bonds. The molecule has 1 aromatic carbocycles. The number of anilines is 2. The van der Waals surface area contributed by atoms with Gasteiger partial charge in [0, 0.05) is 19.1 Å². The lowest BCUT2D eigenvalue weighted by molar-refractivity contribution is 0.397. The van der Waals surface area contributed by atoms with E-state index in [0.717, 1.165) is 19.6 Å². The van der Waals surface area contributed by atoms with Crippen LogP contribution in [0.25, 0.3) is 0 Å². The van der Waals surface area contributed by atoms with Crippen molar-refractivity contribution in [3.05, 3.63) is 24.3 Å². The number of para-hydroxylation sites is 2. The lowest BCUT2D eigenvalue weighted by Gasteiger charge is -2.38. The third-order valence-electron chi connectivity index (χ3n) is 3.34. The zero-order valence-corrected chi connectivity index (χ0v) is 11.1. The van der Waals surface area contributed by atoms with E-state index in [1.165, 1.54) is 17.8 Å². The summed E-state index contributed by atoms with van der Waals surface area (Å²) < 4.78 is 0. The minimum atomic E-state index is 0.576. The first-order valence-electron chi connectivity index (χ1n) is 6.43. The molecule has 0 saturated heterocycles. The van der Waals surface area contributed by atoms with E-state index >= 15 is 0 Å². The molecule has 0 aliphatic carbocycles. The minimum Gasteiger partial charge on any atom is -0.381 e. The summed E-state index contributed by atoms with van der Waals surface area (Å²) in [6, 6.07) is 9.18. The van der Waals surface area contributed by atoms with Crippen LogP contribution in [-0.2, 0) is 0 Å². The fourth-order valence-corrected chi connectivity index (χ4v) is 2.38. The van der Waals surface area contributed by atoms with Crippen molar-refractivity contribution in [2.75, 3.05) is 43.9 Å². The Morgan fingerprint density at radius 3 is 2.88 bits per heavy atom. The van der Waals surface area contributed by atoms with Crippen molar-refractivity contribution in [3.8, 4) is 0 Å². The molecule has 2 rings (SSSR count). The van der Waals surface area contributed by atoms with E-state index in [4.69, 9.17) is 0 Å². The summed E-state index contributed by atoms with van der Waals surface area (Å²) in [5.74, 6) is 0. The number of hydrogen-bond acceptors (Lipinski definition) is 3. The van der Waals surface area contributed by atoms with E-state index in [1.54, 1.807) is 0 Å². The van der Waals surface area contributed by atoms with Crippen LogP contribution in [0.15, 0.2) is 24.3 Å². The van der Waals surface area contributed by atoms with Crippen molar-refractivity contribution in [2.24, 2.45) is 0 Å². The average molecular weight is 233 g/mol. The molecular formula is C14H23N3. The summed E-state index contributed by atoms with van der Waals surface area (Å²) in [4.78, 5) is 4.77. The molecule has 0 bridgehead atoms. The maximum absolute atomic E-state index is 3.49. The first kappa shape index (κ1) is 12.2. The summed E-state index contributed by atoms with van der Waals surface area (Å²) in [6.07, 6.45) is 1.21. The molecule has 0 fully saturated rings. The average Bonchev–Trinajstić information content (AvgIpc) is 2.32. The fourth-order valence-electron chi connectivity index (χ4n) is 2.38. The quantitative estimate of drug-likeness (QED) is 0.860. The molecule has 1 heterocycles. The van der Waals surface area contributed by atoms with Gasteiger partial charge >= 0.3 is 0 Å². The van der Waals surface area contributed by atoms with Crippen molar-refractivity contribution in [3.63, 3.8) is 0 Å². The molecule has 0 radical (unpaired) electrons. The number of hydrogen-bond donors (Lipinski definition) is 1. The van der Waals surface area contributed by atoms with E-state index in [0.29, 0.717) is 6.04 Å². The number of nitrogens with zero attached hydrogens (tertiary/aromatic N) is 2. The van der Waals surface area contributed by atoms with Gasteiger partial charge in [-0.2, -0.15) is 0 Å². The van der Waals surface area contributed by atoms with Gasteiger partial charge in [-0.3, -0.25) is 0 Å². The largest absolute Gasteiger partial charge is 0.381 e. The molecule has 3 heteroatoms. The summed E-state index contributed by atoms with van der Waals surface area (Å²) >= 11 is 0. The van der Waals surface area contributed by atoms with Gasteiger partial charge in [0.15, 0.2) is 0 Å². The normalized spacial score (nSPS) is 19.1. The van der Waals surface area contributed by atoms with E-state index in [1.807, 2.05) is 0 Å². The van der Waals surface area contributed by atoms with E-state index in [-0.39, 0.29) is 0 Å². The van der Waals surface area contributed by atoms with Gasteiger partial charge in [-0.15, -0.1) is 0 Å². The van der Waals surface area contributed by atoms with E-state index in [9.17, 15) is 0 Å². The molecule has 1 aliphatic rings. The second kappa shape index (κ2) is 5.41. The maximum atomic E-state index is 3.49. The van der Waals surface area contributed by atoms with Crippen molar-refractivity contribution in [1.29, 1.82) is 0 Å². The number of benzene rings is 1. The molecule has 1 aliphatic heterocycles. The predicted octanol–water partition coefficient (Wildman–Crippen LogP) is 2.26. The highest BCUT2D eigenvalue weighted by Crippen LogP contribution is 2.30. The topological polar surface area (TPSA) is 18.5 Å². The van der Waals surface area contributed by atoms with Crippen LogP contribution in [0.2, 0.25) is 0 Å². The molecule has 1 N–H and O–H groups in total. The third-order valence-corrected chi connectivity index (χ3v) is 3.34. The molecule has 0 spiro atoms. The Morgan fingerprint density at radius 2 is 2.12 bits per heavy atom. The molecule has 0 aromatic heterocycles. The van der Waals surface area contributed by atoms with Gasteiger partial charge in [0.05, 0.1) is 11.4 Å². The Hall–Kier alpha value is -1.22. The van der Waals surface area contributed by atoms with Gasteiger partial charge in [-0.1, -0.05) is 12.1 Å². The van der Waals surface area contributed by atoms with Crippen LogP contribution < -0.4 is 10.2 Å². The van der Waals surface area contributed by atoms with Crippen LogP contribution in [0.3, 0.4) is 0 Å². The highest BCUT2D eigenvalue weighted by atomic mass is 15.2. The van der Waals surface area contributed by atoms with Crippen molar-refractivity contribution >= 4 is 11.4 Å². The summed E-state index contributed by atoms with van der Waals surface area (Å²) in [5.41, 5.74) is 2.63. The SMILES string of the molecule is CC1CNc2ccccc2N1CCCN(C)C. The maximum Gasteiger partial charge on any atom is 0.0605 e. The predicted molar refractivity (Wildman–Crippen MR) is 74.9 cm³/mol. The van der Waals surface area contributed by atoms with Crippen molar-refractivity contribution in [1.82, 2.24) is 4.90 Å². The van der Waals surface area contributed by atoms with Crippen LogP contribution in [0.5, 0.6) is 0 Å². The highest BCUT2D eigenvalue weighted by Gasteiger charge is 2.21. The Bertz CT molecular complexity index is 362. The Balaban J connectivity index is 2.05. The molecule has 1 unspecified atom stereocenters. The second-order valence-corrected chi connectivity index (χ2v) is 5.10. The van der Waals surface area contributed by atoms with Crippen LogP contribution in [0.1, 0.15) is 13.3 Å². The summed E-state index contributed by atoms with van der Waals surface area (Å²) in [6.45, 7) is 5.62. The highest BCUT2D eigenvalue weighted by molar-refractivity contribution is 5.72. The van der Waals surface area contributed by atoms with Crippen LogP contribution in [0.4, 0.5) is 11.4 Å². The second-order valence-electron chi connectivity index (χ2n) is 5.10. The van der Waals surface area contributed by atoms with Gasteiger partial charge in [-0.25, -0.2) is 0 Å². The molecule has 17 heavy (non-hydrogen) atoms. The zero-order chi connectivity index (χ0) is 12.3. The Morgan fingerprint density at radius 1 is 1.35 bits per heavy atom. The van der Waals surface area contributed by atoms with E-state index < -0.39 is 0 Å². The fraction of sp³-hybridized carbons (Fsp3) is 0.571. The smallest absolute Gasteiger partial charge is 0.0605 e. The first-order valence-corrected chi connectivity index (χ1v) is 6.43. The van der Waals surface area contributed by atoms with Crippen molar-refractivity contribution in [2.45, 2.75) is 19.4 Å². The number of fused-ring (bicyclic) bond motifs is 1. The van der Waals surface area contributed by atoms with Gasteiger partial charge < -0.3 is 15.1 Å². The molecule has 94 valence electrons. The Kier molecular flexibility index (Phi) is 3.89. The van der Waals surface area contributed by atoms with Gasteiger partial charge in [0.25, 0.3) is 0 Å². The monoisotopic (exact) mass is 233 g/mol. The van der Waals surface area contributed by atoms with Gasteiger partial charge in [0.2, 0.25) is 0 Å². The lowest BCUT2D eigenvalue weighted by Crippen LogP contribution is -2.43. The van der Waals surface area contributed by atoms with Crippen LogP contribution in [-0.4, -0.2) is 44.7 Å². The third kappa shape index (κ3) is 2.91. The minimum absolute atomic E-state index is 0.576. The zero-order valence-electron chi connectivity index (χ0n) is 11.1. The first-order chi connectivity index (χ1) is 8.18.